The molecule has 0 fully saturated rings. The van der Waals surface area contributed by atoms with Crippen LogP contribution in [0.25, 0.3) is 0 Å². The predicted octanol–water partition coefficient (Wildman–Crippen LogP) is 3.67. The highest BCUT2D eigenvalue weighted by molar-refractivity contribution is 4.88. The molecule has 0 amide bonds. The molecule has 0 spiro atoms. The van der Waals surface area contributed by atoms with Crippen molar-refractivity contribution in [2.75, 3.05) is 0 Å². The fourth-order valence-electron chi connectivity index (χ4n) is 1.01. The first kappa shape index (κ1) is 11.3. The van der Waals surface area contributed by atoms with Crippen LogP contribution < -0.4 is 0 Å². The maximum atomic E-state index is 5.47. The predicted molar refractivity (Wildman–Crippen MR) is 54.0 cm³/mol. The van der Waals surface area contributed by atoms with Crippen LogP contribution in [0.2, 0.25) is 0 Å². The molecule has 0 aliphatic carbocycles. The van der Waals surface area contributed by atoms with Crippen molar-refractivity contribution in [3.8, 4) is 0 Å². The topological polar surface area (TPSA) is 9.23 Å². The van der Waals surface area contributed by atoms with Crippen LogP contribution in [0, 0.1) is 0 Å². The van der Waals surface area contributed by atoms with E-state index in [1.54, 1.807) is 6.26 Å². The SMILES string of the molecule is C/C=C/O[C@@H](/C=C/C)CCCC. The minimum atomic E-state index is 0.270. The van der Waals surface area contributed by atoms with Gasteiger partial charge in [-0.15, -0.1) is 0 Å². The quantitative estimate of drug-likeness (QED) is 0.434. The van der Waals surface area contributed by atoms with Gasteiger partial charge in [-0.3, -0.25) is 0 Å². The number of ether oxygens (including phenoxy) is 1. The van der Waals surface area contributed by atoms with Crippen LogP contribution >= 0.6 is 0 Å². The number of hydrogen-bond donors (Lipinski definition) is 0. The number of rotatable bonds is 6. The minimum Gasteiger partial charge on any atom is -0.494 e. The molecule has 1 atom stereocenters. The molecular weight excluding hydrogens is 148 g/mol. The largest absolute Gasteiger partial charge is 0.494 e. The van der Waals surface area contributed by atoms with Gasteiger partial charge >= 0.3 is 0 Å². The molecule has 0 aromatic heterocycles. The highest BCUT2D eigenvalue weighted by atomic mass is 16.5. The van der Waals surface area contributed by atoms with E-state index in [2.05, 4.69) is 13.0 Å². The first-order valence-electron chi connectivity index (χ1n) is 4.74. The monoisotopic (exact) mass is 168 g/mol. The van der Waals surface area contributed by atoms with Crippen LogP contribution in [0.15, 0.2) is 24.5 Å². The average Bonchev–Trinajstić information content (AvgIpc) is 2.10. The zero-order chi connectivity index (χ0) is 9.23. The Bertz CT molecular complexity index is 136. The molecule has 1 nitrogen and oxygen atoms in total. The Balaban J connectivity index is 3.69. The van der Waals surface area contributed by atoms with Gasteiger partial charge in [0, 0.05) is 0 Å². The molecule has 0 bridgehead atoms. The van der Waals surface area contributed by atoms with Gasteiger partial charge in [0.2, 0.25) is 0 Å². The third kappa shape index (κ3) is 6.02. The van der Waals surface area contributed by atoms with Crippen molar-refractivity contribution in [1.29, 1.82) is 0 Å². The van der Waals surface area contributed by atoms with Crippen LogP contribution in [0.1, 0.15) is 40.0 Å². The van der Waals surface area contributed by atoms with Crippen molar-refractivity contribution in [2.45, 2.75) is 46.1 Å². The van der Waals surface area contributed by atoms with E-state index in [1.807, 2.05) is 26.0 Å². The van der Waals surface area contributed by atoms with Crippen molar-refractivity contribution >= 4 is 0 Å². The standard InChI is InChI=1S/C11H20O/c1-4-7-9-11(8-5-2)12-10-6-3/h5-6,8,10-11H,4,7,9H2,1-3H3/b8-5+,10-6+/t11-/m0/s1. The Morgan fingerprint density at radius 1 is 1.25 bits per heavy atom. The Morgan fingerprint density at radius 2 is 2.00 bits per heavy atom. The van der Waals surface area contributed by atoms with Crippen LogP contribution in [0.3, 0.4) is 0 Å². The molecule has 0 saturated carbocycles. The van der Waals surface area contributed by atoms with E-state index in [0.29, 0.717) is 0 Å². The van der Waals surface area contributed by atoms with Gasteiger partial charge in [0.15, 0.2) is 0 Å². The lowest BCUT2D eigenvalue weighted by molar-refractivity contribution is 0.174. The Morgan fingerprint density at radius 3 is 2.50 bits per heavy atom. The number of unbranched alkanes of at least 4 members (excludes halogenated alkanes) is 1. The maximum absolute atomic E-state index is 5.47. The van der Waals surface area contributed by atoms with Gasteiger partial charge < -0.3 is 4.74 Å². The Hall–Kier alpha value is -0.720. The Labute approximate surface area is 76.1 Å². The second kappa shape index (κ2) is 8.38. The van der Waals surface area contributed by atoms with Crippen LogP contribution in [0.4, 0.5) is 0 Å². The van der Waals surface area contributed by atoms with Crippen molar-refractivity contribution < 1.29 is 4.74 Å². The van der Waals surface area contributed by atoms with Crippen LogP contribution in [-0.2, 0) is 4.74 Å². The summed E-state index contributed by atoms with van der Waals surface area (Å²) in [6, 6.07) is 0. The van der Waals surface area contributed by atoms with E-state index in [-0.39, 0.29) is 6.10 Å². The summed E-state index contributed by atoms with van der Waals surface area (Å²) in [5.41, 5.74) is 0. The van der Waals surface area contributed by atoms with Crippen LogP contribution in [0.5, 0.6) is 0 Å². The van der Waals surface area contributed by atoms with Gasteiger partial charge in [-0.05, 0) is 32.8 Å². The molecule has 0 heterocycles. The van der Waals surface area contributed by atoms with E-state index in [0.717, 1.165) is 6.42 Å². The highest BCUT2D eigenvalue weighted by Crippen LogP contribution is 2.06. The van der Waals surface area contributed by atoms with Gasteiger partial charge in [0.25, 0.3) is 0 Å². The summed E-state index contributed by atoms with van der Waals surface area (Å²) in [7, 11) is 0. The smallest absolute Gasteiger partial charge is 0.116 e. The lowest BCUT2D eigenvalue weighted by Gasteiger charge is -2.11. The molecular formula is C11H20O. The first-order chi connectivity index (χ1) is 5.85. The van der Waals surface area contributed by atoms with E-state index in [9.17, 15) is 0 Å². The molecule has 0 rings (SSSR count). The van der Waals surface area contributed by atoms with Gasteiger partial charge in [-0.1, -0.05) is 25.5 Å². The zero-order valence-corrected chi connectivity index (χ0v) is 8.42. The van der Waals surface area contributed by atoms with Crippen molar-refractivity contribution in [3.63, 3.8) is 0 Å². The summed E-state index contributed by atoms with van der Waals surface area (Å²) in [6.45, 7) is 6.19. The third-order valence-corrected chi connectivity index (χ3v) is 1.64. The van der Waals surface area contributed by atoms with E-state index >= 15 is 0 Å². The minimum absolute atomic E-state index is 0.270. The Kier molecular flexibility index (Phi) is 7.87. The normalized spacial score (nSPS) is 14.2. The lowest BCUT2D eigenvalue weighted by atomic mass is 10.1. The molecule has 0 aliphatic rings. The van der Waals surface area contributed by atoms with E-state index in [4.69, 9.17) is 4.74 Å². The number of allylic oxidation sites excluding steroid dienone is 2. The third-order valence-electron chi connectivity index (χ3n) is 1.64. The zero-order valence-electron chi connectivity index (χ0n) is 8.42. The van der Waals surface area contributed by atoms with E-state index < -0.39 is 0 Å². The summed E-state index contributed by atoms with van der Waals surface area (Å²) >= 11 is 0. The molecule has 1 heteroatoms. The van der Waals surface area contributed by atoms with Crippen molar-refractivity contribution in [2.24, 2.45) is 0 Å². The van der Waals surface area contributed by atoms with Crippen molar-refractivity contribution in [3.05, 3.63) is 24.5 Å². The van der Waals surface area contributed by atoms with E-state index in [1.165, 1.54) is 12.8 Å². The maximum Gasteiger partial charge on any atom is 0.116 e. The molecule has 0 aromatic rings. The second-order valence-corrected chi connectivity index (χ2v) is 2.81. The van der Waals surface area contributed by atoms with Gasteiger partial charge in [-0.25, -0.2) is 0 Å². The lowest BCUT2D eigenvalue weighted by Crippen LogP contribution is -2.05. The fourth-order valence-corrected chi connectivity index (χ4v) is 1.01. The molecule has 0 aliphatic heterocycles. The second-order valence-electron chi connectivity index (χ2n) is 2.81. The summed E-state index contributed by atoms with van der Waals surface area (Å²) in [6.07, 6.45) is 11.7. The fraction of sp³-hybridized carbons (Fsp3) is 0.636. The highest BCUT2D eigenvalue weighted by Gasteiger charge is 2.00. The van der Waals surface area contributed by atoms with Gasteiger partial charge in [-0.2, -0.15) is 0 Å². The molecule has 0 aromatic carbocycles. The van der Waals surface area contributed by atoms with Crippen LogP contribution in [-0.4, -0.2) is 6.10 Å². The molecule has 0 saturated heterocycles. The number of hydrogen-bond acceptors (Lipinski definition) is 1. The molecule has 0 unspecified atom stereocenters. The van der Waals surface area contributed by atoms with Gasteiger partial charge in [0.05, 0.1) is 6.26 Å². The first-order valence-corrected chi connectivity index (χ1v) is 4.74. The molecule has 0 radical (unpaired) electrons. The molecule has 70 valence electrons. The molecule has 0 N–H and O–H groups in total. The summed E-state index contributed by atoms with van der Waals surface area (Å²) in [5.74, 6) is 0. The summed E-state index contributed by atoms with van der Waals surface area (Å²) < 4.78 is 5.47. The summed E-state index contributed by atoms with van der Waals surface area (Å²) in [5, 5.41) is 0. The summed E-state index contributed by atoms with van der Waals surface area (Å²) in [4.78, 5) is 0. The van der Waals surface area contributed by atoms with Crippen molar-refractivity contribution in [1.82, 2.24) is 0 Å². The van der Waals surface area contributed by atoms with Gasteiger partial charge in [0.1, 0.15) is 6.10 Å². The molecule has 12 heavy (non-hydrogen) atoms. The average molecular weight is 168 g/mol.